The molecule has 0 bridgehead atoms. The first kappa shape index (κ1) is 16.4. The molecular weight excluding hydrogens is 356 g/mol. The zero-order chi connectivity index (χ0) is 19.4. The highest BCUT2D eigenvalue weighted by Gasteiger charge is 2.31. The minimum atomic E-state index is -1.07. The van der Waals surface area contributed by atoms with Gasteiger partial charge in [-0.2, -0.15) is 0 Å². The van der Waals surface area contributed by atoms with Crippen LogP contribution in [0.1, 0.15) is 32.0 Å². The van der Waals surface area contributed by atoms with Crippen molar-refractivity contribution in [2.45, 2.75) is 12.8 Å². The van der Waals surface area contributed by atoms with E-state index in [0.29, 0.717) is 57.2 Å². The average molecular weight is 370 g/mol. The molecule has 0 atom stereocenters. The maximum Gasteiger partial charge on any atom is 0.337 e. The molecule has 0 spiro atoms. The largest absolute Gasteiger partial charge is 0.478 e. The molecule has 1 aliphatic rings. The summed E-state index contributed by atoms with van der Waals surface area (Å²) in [5.74, 6) is -2.11. The Morgan fingerprint density at radius 2 is 1.32 bits per heavy atom. The summed E-state index contributed by atoms with van der Waals surface area (Å²) in [6.45, 7) is 0. The van der Waals surface area contributed by atoms with Crippen LogP contribution < -0.4 is 0 Å². The highest BCUT2D eigenvalue weighted by molar-refractivity contribution is 6.11. The van der Waals surface area contributed by atoms with Crippen molar-refractivity contribution in [1.29, 1.82) is 0 Å². The summed E-state index contributed by atoms with van der Waals surface area (Å²) < 4.78 is 0. The number of hydrogen-bond donors (Lipinski definition) is 2. The predicted octanol–water partition coefficient (Wildman–Crippen LogP) is 3.95. The van der Waals surface area contributed by atoms with Crippen molar-refractivity contribution in [2.75, 3.05) is 0 Å². The molecule has 0 saturated heterocycles. The summed E-state index contributed by atoms with van der Waals surface area (Å²) >= 11 is 0. The normalized spacial score (nSPS) is 12.6. The van der Waals surface area contributed by atoms with Gasteiger partial charge in [0.1, 0.15) is 0 Å². The van der Waals surface area contributed by atoms with Gasteiger partial charge in [0, 0.05) is 16.3 Å². The number of nitrogens with zero attached hydrogens (tertiary/aromatic N) is 2. The number of fused-ring (bicyclic) bond motifs is 5. The SMILES string of the molecule is O=C(O)c1c2c(nc3ccccc13)-c1c(nc3ccccc3c1C(=O)O)CC2. The Bertz CT molecular complexity index is 1330. The van der Waals surface area contributed by atoms with Crippen LogP contribution in [0.3, 0.4) is 0 Å². The molecule has 6 nitrogen and oxygen atoms in total. The van der Waals surface area contributed by atoms with E-state index in [2.05, 4.69) is 9.97 Å². The van der Waals surface area contributed by atoms with Gasteiger partial charge in [0.25, 0.3) is 0 Å². The first-order valence-electron chi connectivity index (χ1n) is 8.86. The lowest BCUT2D eigenvalue weighted by Gasteiger charge is -2.23. The summed E-state index contributed by atoms with van der Waals surface area (Å²) in [4.78, 5) is 33.6. The first-order chi connectivity index (χ1) is 13.6. The summed E-state index contributed by atoms with van der Waals surface area (Å²) in [6, 6.07) is 14.1. The fourth-order valence-corrected chi connectivity index (χ4v) is 4.11. The summed E-state index contributed by atoms with van der Waals surface area (Å²) in [7, 11) is 0. The molecule has 136 valence electrons. The van der Waals surface area contributed by atoms with Crippen molar-refractivity contribution < 1.29 is 19.8 Å². The number of pyridine rings is 2. The van der Waals surface area contributed by atoms with Crippen LogP contribution in [0.2, 0.25) is 0 Å². The molecular formula is C22H14N2O4. The summed E-state index contributed by atoms with van der Waals surface area (Å²) in [5, 5.41) is 20.9. The van der Waals surface area contributed by atoms with Gasteiger partial charge < -0.3 is 10.2 Å². The Balaban J connectivity index is 1.98. The number of benzene rings is 2. The lowest BCUT2D eigenvalue weighted by molar-refractivity contribution is 0.0688. The highest BCUT2D eigenvalue weighted by atomic mass is 16.4. The number of aryl methyl sites for hydroxylation is 1. The van der Waals surface area contributed by atoms with Gasteiger partial charge in [-0.1, -0.05) is 36.4 Å². The van der Waals surface area contributed by atoms with E-state index in [1.165, 1.54) is 0 Å². The molecule has 0 amide bonds. The molecule has 2 heterocycles. The number of aromatic carboxylic acids is 2. The Hall–Kier alpha value is -3.80. The van der Waals surface area contributed by atoms with Crippen LogP contribution in [0.4, 0.5) is 0 Å². The van der Waals surface area contributed by atoms with Crippen molar-refractivity contribution in [3.05, 3.63) is 70.9 Å². The van der Waals surface area contributed by atoms with Gasteiger partial charge in [0.2, 0.25) is 0 Å². The number of rotatable bonds is 2. The van der Waals surface area contributed by atoms with Crippen molar-refractivity contribution in [3.8, 4) is 11.3 Å². The molecule has 0 saturated carbocycles. The topological polar surface area (TPSA) is 100 Å². The van der Waals surface area contributed by atoms with E-state index in [-0.39, 0.29) is 11.1 Å². The Kier molecular flexibility index (Phi) is 3.42. The van der Waals surface area contributed by atoms with Crippen LogP contribution in [0.5, 0.6) is 0 Å². The molecule has 4 aromatic rings. The van der Waals surface area contributed by atoms with Gasteiger partial charge in [0.05, 0.1) is 33.5 Å². The van der Waals surface area contributed by atoms with Gasteiger partial charge in [0.15, 0.2) is 0 Å². The molecule has 0 unspecified atom stereocenters. The van der Waals surface area contributed by atoms with Crippen LogP contribution >= 0.6 is 0 Å². The molecule has 5 rings (SSSR count). The minimum Gasteiger partial charge on any atom is -0.478 e. The highest BCUT2D eigenvalue weighted by Crippen LogP contribution is 2.40. The molecule has 0 radical (unpaired) electrons. The van der Waals surface area contributed by atoms with Crippen molar-refractivity contribution in [1.82, 2.24) is 9.97 Å². The second-order valence-corrected chi connectivity index (χ2v) is 6.77. The summed E-state index contributed by atoms with van der Waals surface area (Å²) in [5.41, 5.74) is 3.50. The van der Waals surface area contributed by atoms with E-state index in [0.717, 1.165) is 0 Å². The van der Waals surface area contributed by atoms with Gasteiger partial charge in [-0.3, -0.25) is 4.98 Å². The average Bonchev–Trinajstić information content (AvgIpc) is 2.69. The van der Waals surface area contributed by atoms with Gasteiger partial charge >= 0.3 is 11.9 Å². The van der Waals surface area contributed by atoms with Gasteiger partial charge in [-0.25, -0.2) is 14.6 Å². The lowest BCUT2D eigenvalue weighted by atomic mass is 9.84. The number of para-hydroxylation sites is 2. The van der Waals surface area contributed by atoms with Crippen LogP contribution in [0.25, 0.3) is 33.1 Å². The molecule has 2 N–H and O–H groups in total. The maximum absolute atomic E-state index is 12.2. The molecule has 2 aromatic carbocycles. The van der Waals surface area contributed by atoms with Crippen LogP contribution in [-0.2, 0) is 12.8 Å². The fraction of sp³-hybridized carbons (Fsp3) is 0.0909. The van der Waals surface area contributed by atoms with Crippen LogP contribution in [-0.4, -0.2) is 32.1 Å². The molecule has 0 aliphatic heterocycles. The quantitative estimate of drug-likeness (QED) is 0.554. The molecule has 2 aromatic heterocycles. The first-order valence-corrected chi connectivity index (χ1v) is 8.86. The van der Waals surface area contributed by atoms with Crippen LogP contribution in [0.15, 0.2) is 48.5 Å². The molecule has 28 heavy (non-hydrogen) atoms. The fourth-order valence-electron chi connectivity index (χ4n) is 4.11. The standard InChI is InChI=1S/C22H14N2O4/c25-21(26)17-11-5-1-4-8-15(11)24-20-13(17)9-10-16-19(20)18(22(27)28)12-6-2-3-7-14(12)23-16/h1-8H,9-10H2,(H,25,26)(H,27,28). The molecule has 0 fully saturated rings. The van der Waals surface area contributed by atoms with E-state index >= 15 is 0 Å². The van der Waals surface area contributed by atoms with E-state index in [4.69, 9.17) is 0 Å². The molecule has 1 aliphatic carbocycles. The van der Waals surface area contributed by atoms with Crippen LogP contribution in [0, 0.1) is 0 Å². The zero-order valence-corrected chi connectivity index (χ0v) is 14.6. The molecule has 6 heteroatoms. The Morgan fingerprint density at radius 1 is 0.750 bits per heavy atom. The maximum atomic E-state index is 12.2. The monoisotopic (exact) mass is 370 g/mol. The van der Waals surface area contributed by atoms with E-state index in [9.17, 15) is 19.8 Å². The Labute approximate surface area is 159 Å². The smallest absolute Gasteiger partial charge is 0.337 e. The number of carboxylic acid groups (broad SMARTS) is 2. The second kappa shape index (κ2) is 5.85. The third kappa shape index (κ3) is 2.21. The Morgan fingerprint density at radius 3 is 1.96 bits per heavy atom. The zero-order valence-electron chi connectivity index (χ0n) is 14.6. The number of carboxylic acids is 2. The van der Waals surface area contributed by atoms with Gasteiger partial charge in [-0.05, 0) is 30.5 Å². The minimum absolute atomic E-state index is 0.126. The number of hydrogen-bond acceptors (Lipinski definition) is 4. The third-order valence-corrected chi connectivity index (χ3v) is 5.24. The third-order valence-electron chi connectivity index (χ3n) is 5.24. The van der Waals surface area contributed by atoms with Gasteiger partial charge in [-0.15, -0.1) is 0 Å². The van der Waals surface area contributed by atoms with Crippen molar-refractivity contribution in [3.63, 3.8) is 0 Å². The second-order valence-electron chi connectivity index (χ2n) is 6.77. The summed E-state index contributed by atoms with van der Waals surface area (Å²) in [6.07, 6.45) is 0.917. The van der Waals surface area contributed by atoms with Crippen molar-refractivity contribution >= 4 is 33.7 Å². The number of carbonyl (C=O) groups is 2. The lowest BCUT2D eigenvalue weighted by Crippen LogP contribution is -2.17. The number of aromatic nitrogens is 2. The van der Waals surface area contributed by atoms with E-state index < -0.39 is 11.9 Å². The van der Waals surface area contributed by atoms with Crippen molar-refractivity contribution in [2.24, 2.45) is 0 Å². The predicted molar refractivity (Wildman–Crippen MR) is 104 cm³/mol. The van der Waals surface area contributed by atoms with E-state index in [1.807, 2.05) is 6.07 Å². The van der Waals surface area contributed by atoms with E-state index in [1.54, 1.807) is 42.5 Å².